The van der Waals surface area contributed by atoms with Gasteiger partial charge in [-0.25, -0.2) is 4.98 Å². The number of carbonyl (C=O) groups excluding carboxylic acids is 1. The number of carbonyl (C=O) groups is 1. The third-order valence-electron chi connectivity index (χ3n) is 2.69. The molecule has 18 heavy (non-hydrogen) atoms. The van der Waals surface area contributed by atoms with Crippen LogP contribution in [0.25, 0.3) is 0 Å². The Morgan fingerprint density at radius 2 is 2.22 bits per heavy atom. The summed E-state index contributed by atoms with van der Waals surface area (Å²) in [6, 6.07) is 0.170. The fourth-order valence-corrected chi connectivity index (χ4v) is 2.40. The standard InChI is InChI=1S/C12H22N4OS/c1-4-5-6-7-8(2)15-11(17)9-10(13)16-12(14-3)18-9/h8H,4-7,13H2,1-3H3,(H,14,16)(H,15,17). The lowest BCUT2D eigenvalue weighted by atomic mass is 10.1. The summed E-state index contributed by atoms with van der Waals surface area (Å²) >= 11 is 1.28. The lowest BCUT2D eigenvalue weighted by Gasteiger charge is -2.12. The van der Waals surface area contributed by atoms with E-state index in [2.05, 4.69) is 22.5 Å². The molecule has 1 aromatic heterocycles. The van der Waals surface area contributed by atoms with Crippen LogP contribution in [0.5, 0.6) is 0 Å². The number of nitrogens with zero attached hydrogens (tertiary/aromatic N) is 1. The van der Waals surface area contributed by atoms with Gasteiger partial charge < -0.3 is 16.4 Å². The van der Waals surface area contributed by atoms with Crippen LogP contribution in [0.3, 0.4) is 0 Å². The minimum atomic E-state index is -0.129. The highest BCUT2D eigenvalue weighted by molar-refractivity contribution is 7.18. The Kier molecular flexibility index (Phi) is 5.91. The van der Waals surface area contributed by atoms with Crippen LogP contribution < -0.4 is 16.4 Å². The molecule has 6 heteroatoms. The summed E-state index contributed by atoms with van der Waals surface area (Å²) in [5, 5.41) is 6.51. The normalized spacial score (nSPS) is 12.2. The number of nitrogens with two attached hydrogens (primary N) is 1. The van der Waals surface area contributed by atoms with Crippen molar-refractivity contribution in [2.45, 2.75) is 45.6 Å². The predicted octanol–water partition coefficient (Wildman–Crippen LogP) is 2.47. The average Bonchev–Trinajstić information content (AvgIpc) is 2.71. The van der Waals surface area contributed by atoms with Gasteiger partial charge in [-0.1, -0.05) is 37.5 Å². The minimum absolute atomic E-state index is 0.129. The number of nitrogens with one attached hydrogen (secondary N) is 2. The lowest BCUT2D eigenvalue weighted by molar-refractivity contribution is 0.0942. The first kappa shape index (κ1) is 14.8. The smallest absolute Gasteiger partial charge is 0.265 e. The molecule has 0 fully saturated rings. The largest absolute Gasteiger partial charge is 0.382 e. The number of hydrogen-bond donors (Lipinski definition) is 3. The van der Waals surface area contributed by atoms with E-state index in [1.54, 1.807) is 7.05 Å². The van der Waals surface area contributed by atoms with Gasteiger partial charge in [0, 0.05) is 13.1 Å². The summed E-state index contributed by atoms with van der Waals surface area (Å²) < 4.78 is 0. The maximum Gasteiger partial charge on any atom is 0.265 e. The number of amides is 1. The molecule has 1 rings (SSSR count). The Hall–Kier alpha value is -1.30. The van der Waals surface area contributed by atoms with Crippen LogP contribution in [0, 0.1) is 0 Å². The summed E-state index contributed by atoms with van der Waals surface area (Å²) in [6.45, 7) is 4.18. The number of rotatable bonds is 7. The molecule has 1 amide bonds. The van der Waals surface area contributed by atoms with Crippen LogP contribution in [0.4, 0.5) is 10.9 Å². The third-order valence-corrected chi connectivity index (χ3v) is 3.78. The second kappa shape index (κ2) is 7.20. The molecule has 0 saturated carbocycles. The molecule has 1 heterocycles. The van der Waals surface area contributed by atoms with Crippen molar-refractivity contribution in [3.63, 3.8) is 0 Å². The van der Waals surface area contributed by atoms with Gasteiger partial charge in [0.15, 0.2) is 5.13 Å². The Bertz CT molecular complexity index is 391. The Morgan fingerprint density at radius 3 is 2.78 bits per heavy atom. The zero-order valence-electron chi connectivity index (χ0n) is 11.2. The first-order chi connectivity index (χ1) is 8.58. The molecule has 102 valence electrons. The molecule has 0 aliphatic rings. The van der Waals surface area contributed by atoms with E-state index in [0.29, 0.717) is 15.8 Å². The van der Waals surface area contributed by atoms with Crippen LogP contribution in [0.1, 0.15) is 49.2 Å². The van der Waals surface area contributed by atoms with Crippen LogP contribution in [0.15, 0.2) is 0 Å². The van der Waals surface area contributed by atoms with Crippen molar-refractivity contribution in [3.8, 4) is 0 Å². The van der Waals surface area contributed by atoms with Crippen LogP contribution >= 0.6 is 11.3 Å². The molecule has 1 aromatic rings. The molecule has 0 saturated heterocycles. The maximum absolute atomic E-state index is 12.0. The number of aromatic nitrogens is 1. The maximum atomic E-state index is 12.0. The van der Waals surface area contributed by atoms with Gasteiger partial charge in [0.05, 0.1) is 0 Å². The highest BCUT2D eigenvalue weighted by Gasteiger charge is 2.17. The molecular formula is C12H22N4OS. The van der Waals surface area contributed by atoms with Gasteiger partial charge in [0.1, 0.15) is 10.7 Å². The first-order valence-electron chi connectivity index (χ1n) is 6.33. The molecule has 4 N–H and O–H groups in total. The van der Waals surface area contributed by atoms with Gasteiger partial charge in [0.2, 0.25) is 0 Å². The molecule has 0 spiro atoms. The highest BCUT2D eigenvalue weighted by Crippen LogP contribution is 2.24. The third kappa shape index (κ3) is 4.18. The number of anilines is 2. The van der Waals surface area contributed by atoms with Crippen molar-refractivity contribution < 1.29 is 4.79 Å². The molecule has 0 aliphatic heterocycles. The van der Waals surface area contributed by atoms with Crippen molar-refractivity contribution in [1.82, 2.24) is 10.3 Å². The second-order valence-corrected chi connectivity index (χ2v) is 5.35. The fourth-order valence-electron chi connectivity index (χ4n) is 1.66. The van der Waals surface area contributed by atoms with Crippen molar-refractivity contribution in [1.29, 1.82) is 0 Å². The first-order valence-corrected chi connectivity index (χ1v) is 7.15. The molecule has 1 unspecified atom stereocenters. The topological polar surface area (TPSA) is 80.0 Å². The lowest BCUT2D eigenvalue weighted by Crippen LogP contribution is -2.32. The summed E-state index contributed by atoms with van der Waals surface area (Å²) in [5.74, 6) is 0.165. The molecule has 1 atom stereocenters. The Labute approximate surface area is 112 Å². The Morgan fingerprint density at radius 1 is 1.50 bits per heavy atom. The summed E-state index contributed by atoms with van der Waals surface area (Å²) in [6.07, 6.45) is 4.52. The van der Waals surface area contributed by atoms with Gasteiger partial charge in [-0.2, -0.15) is 0 Å². The van der Waals surface area contributed by atoms with Crippen LogP contribution in [0.2, 0.25) is 0 Å². The van der Waals surface area contributed by atoms with E-state index < -0.39 is 0 Å². The summed E-state index contributed by atoms with van der Waals surface area (Å²) in [5.41, 5.74) is 5.71. The zero-order valence-corrected chi connectivity index (χ0v) is 12.1. The summed E-state index contributed by atoms with van der Waals surface area (Å²) in [4.78, 5) is 16.5. The number of hydrogen-bond acceptors (Lipinski definition) is 5. The van der Waals surface area contributed by atoms with Crippen molar-refractivity contribution in [3.05, 3.63) is 4.88 Å². The zero-order chi connectivity index (χ0) is 13.5. The van der Waals surface area contributed by atoms with E-state index in [1.807, 2.05) is 6.92 Å². The second-order valence-electron chi connectivity index (χ2n) is 4.35. The van der Waals surface area contributed by atoms with Gasteiger partial charge in [-0.3, -0.25) is 4.79 Å². The highest BCUT2D eigenvalue weighted by atomic mass is 32.1. The fraction of sp³-hybridized carbons (Fsp3) is 0.667. The number of thiazole rings is 1. The van der Waals surface area contributed by atoms with E-state index in [4.69, 9.17) is 5.73 Å². The molecule has 0 radical (unpaired) electrons. The molecule has 0 bridgehead atoms. The SMILES string of the molecule is CCCCCC(C)NC(=O)c1sc(NC)nc1N. The number of nitrogen functional groups attached to an aromatic ring is 1. The van der Waals surface area contributed by atoms with Crippen molar-refractivity contribution >= 4 is 28.2 Å². The minimum Gasteiger partial charge on any atom is -0.382 e. The van der Waals surface area contributed by atoms with E-state index >= 15 is 0 Å². The number of unbranched alkanes of at least 4 members (excludes halogenated alkanes) is 2. The van der Waals surface area contributed by atoms with Crippen LogP contribution in [-0.2, 0) is 0 Å². The Balaban J connectivity index is 2.51. The molecule has 5 nitrogen and oxygen atoms in total. The molecular weight excluding hydrogens is 248 g/mol. The molecule has 0 aliphatic carbocycles. The van der Waals surface area contributed by atoms with E-state index in [-0.39, 0.29) is 11.9 Å². The quantitative estimate of drug-likeness (QED) is 0.665. The van der Waals surface area contributed by atoms with Gasteiger partial charge in [-0.15, -0.1) is 0 Å². The summed E-state index contributed by atoms with van der Waals surface area (Å²) in [7, 11) is 1.76. The van der Waals surface area contributed by atoms with E-state index in [9.17, 15) is 4.79 Å². The van der Waals surface area contributed by atoms with Crippen molar-refractivity contribution in [2.75, 3.05) is 18.1 Å². The molecule has 0 aromatic carbocycles. The predicted molar refractivity (Wildman–Crippen MR) is 77.1 cm³/mol. The van der Waals surface area contributed by atoms with E-state index in [1.165, 1.54) is 24.2 Å². The van der Waals surface area contributed by atoms with Gasteiger partial charge >= 0.3 is 0 Å². The van der Waals surface area contributed by atoms with Crippen molar-refractivity contribution in [2.24, 2.45) is 0 Å². The monoisotopic (exact) mass is 270 g/mol. The van der Waals surface area contributed by atoms with Crippen LogP contribution in [-0.4, -0.2) is 24.0 Å². The van der Waals surface area contributed by atoms with E-state index in [0.717, 1.165) is 12.8 Å². The van der Waals surface area contributed by atoms with Gasteiger partial charge in [-0.05, 0) is 13.3 Å². The van der Waals surface area contributed by atoms with Gasteiger partial charge in [0.25, 0.3) is 5.91 Å². The average molecular weight is 270 g/mol.